The molecule has 0 bridgehead atoms. The van der Waals surface area contributed by atoms with Crippen LogP contribution in [0.25, 0.3) is 0 Å². The molecule has 0 radical (unpaired) electrons. The van der Waals surface area contributed by atoms with E-state index in [1.807, 2.05) is 0 Å². The highest BCUT2D eigenvalue weighted by atomic mass is 16.5. The van der Waals surface area contributed by atoms with E-state index >= 15 is 0 Å². The van der Waals surface area contributed by atoms with Crippen molar-refractivity contribution in [3.8, 4) is 0 Å². The van der Waals surface area contributed by atoms with Gasteiger partial charge < -0.3 is 9.64 Å². The summed E-state index contributed by atoms with van der Waals surface area (Å²) in [5.74, 6) is 0. The highest BCUT2D eigenvalue weighted by molar-refractivity contribution is 5.16. The molecule has 0 aromatic rings. The Bertz CT molecular complexity index is 226. The Kier molecular flexibility index (Phi) is 2.67. The molecule has 2 saturated heterocycles. The molecule has 2 aliphatic rings. The smallest absolute Gasteiger partial charge is 0.0680 e. The second kappa shape index (κ2) is 3.67. The van der Waals surface area contributed by atoms with Gasteiger partial charge in [-0.3, -0.25) is 0 Å². The lowest BCUT2D eigenvalue weighted by atomic mass is 9.75. The first-order valence-corrected chi connectivity index (χ1v) is 5.64. The zero-order valence-corrected chi connectivity index (χ0v) is 9.38. The topological polar surface area (TPSA) is 12.5 Å². The van der Waals surface area contributed by atoms with Crippen molar-refractivity contribution < 1.29 is 4.74 Å². The number of hydrogen-bond donors (Lipinski definition) is 0. The Balaban J connectivity index is 1.98. The molecule has 0 saturated carbocycles. The first-order chi connectivity index (χ1) is 6.64. The molecule has 0 N–H and O–H groups in total. The van der Waals surface area contributed by atoms with Crippen LogP contribution in [0.1, 0.15) is 26.7 Å². The quantitative estimate of drug-likeness (QED) is 0.594. The molecule has 0 aliphatic carbocycles. The Morgan fingerprint density at radius 2 is 2.00 bits per heavy atom. The summed E-state index contributed by atoms with van der Waals surface area (Å²) >= 11 is 0. The van der Waals surface area contributed by atoms with E-state index in [1.54, 1.807) is 0 Å². The monoisotopic (exact) mass is 195 g/mol. The lowest BCUT2D eigenvalue weighted by Gasteiger charge is -2.40. The van der Waals surface area contributed by atoms with Crippen LogP contribution >= 0.6 is 0 Å². The van der Waals surface area contributed by atoms with Crippen LogP contribution in [-0.2, 0) is 4.74 Å². The number of nitrogens with zero attached hydrogens (tertiary/aromatic N) is 1. The summed E-state index contributed by atoms with van der Waals surface area (Å²) in [5.41, 5.74) is 1.67. The van der Waals surface area contributed by atoms with Crippen molar-refractivity contribution in [2.24, 2.45) is 5.41 Å². The van der Waals surface area contributed by atoms with Crippen LogP contribution < -0.4 is 0 Å². The van der Waals surface area contributed by atoms with Gasteiger partial charge in [-0.05, 0) is 45.4 Å². The van der Waals surface area contributed by atoms with Crippen LogP contribution in [0.2, 0.25) is 0 Å². The average Bonchev–Trinajstić information content (AvgIpc) is 2.49. The van der Waals surface area contributed by atoms with Gasteiger partial charge in [0.25, 0.3) is 0 Å². The van der Waals surface area contributed by atoms with Crippen LogP contribution in [0.15, 0.2) is 12.2 Å². The van der Waals surface area contributed by atoms with Gasteiger partial charge in [0.15, 0.2) is 0 Å². The first kappa shape index (κ1) is 10.2. The lowest BCUT2D eigenvalue weighted by molar-refractivity contribution is 0.0754. The Labute approximate surface area is 86.9 Å². The van der Waals surface area contributed by atoms with Crippen molar-refractivity contribution in [3.05, 3.63) is 12.2 Å². The maximum atomic E-state index is 5.53. The third kappa shape index (κ3) is 1.61. The highest BCUT2D eigenvalue weighted by Crippen LogP contribution is 2.42. The molecular weight excluding hydrogens is 174 g/mol. The van der Waals surface area contributed by atoms with Crippen molar-refractivity contribution >= 4 is 0 Å². The third-order valence-electron chi connectivity index (χ3n) is 3.89. The SMILES string of the molecule is C=C1COCC12CCN(C(C)C)CC2. The fourth-order valence-corrected chi connectivity index (χ4v) is 2.59. The molecule has 2 heterocycles. The minimum Gasteiger partial charge on any atom is -0.376 e. The van der Waals surface area contributed by atoms with E-state index in [0.717, 1.165) is 13.2 Å². The van der Waals surface area contributed by atoms with E-state index in [2.05, 4.69) is 25.3 Å². The van der Waals surface area contributed by atoms with Crippen molar-refractivity contribution in [1.29, 1.82) is 0 Å². The van der Waals surface area contributed by atoms with Crippen molar-refractivity contribution in [3.63, 3.8) is 0 Å². The van der Waals surface area contributed by atoms with Gasteiger partial charge in [0, 0.05) is 11.5 Å². The minimum absolute atomic E-state index is 0.339. The van der Waals surface area contributed by atoms with E-state index in [-0.39, 0.29) is 0 Å². The van der Waals surface area contributed by atoms with Crippen LogP contribution in [0, 0.1) is 5.41 Å². The second-order valence-electron chi connectivity index (χ2n) is 5.01. The van der Waals surface area contributed by atoms with E-state index in [9.17, 15) is 0 Å². The minimum atomic E-state index is 0.339. The lowest BCUT2D eigenvalue weighted by Crippen LogP contribution is -2.44. The summed E-state index contributed by atoms with van der Waals surface area (Å²) in [5, 5.41) is 0. The van der Waals surface area contributed by atoms with Crippen LogP contribution in [-0.4, -0.2) is 37.2 Å². The summed E-state index contributed by atoms with van der Waals surface area (Å²) in [6, 6.07) is 0.683. The molecular formula is C12H21NO. The van der Waals surface area contributed by atoms with E-state index in [4.69, 9.17) is 4.74 Å². The molecule has 0 aromatic carbocycles. The number of hydrogen-bond acceptors (Lipinski definition) is 2. The molecule has 0 amide bonds. The zero-order chi connectivity index (χ0) is 10.2. The molecule has 1 spiro atoms. The molecule has 2 heteroatoms. The van der Waals surface area contributed by atoms with Gasteiger partial charge >= 0.3 is 0 Å². The molecule has 2 fully saturated rings. The number of ether oxygens (including phenoxy) is 1. The molecule has 2 nitrogen and oxygen atoms in total. The summed E-state index contributed by atoms with van der Waals surface area (Å²) in [6.07, 6.45) is 2.48. The molecule has 2 aliphatic heterocycles. The third-order valence-corrected chi connectivity index (χ3v) is 3.89. The van der Waals surface area contributed by atoms with Crippen LogP contribution in [0.5, 0.6) is 0 Å². The molecule has 80 valence electrons. The maximum absolute atomic E-state index is 5.53. The first-order valence-electron chi connectivity index (χ1n) is 5.64. The summed E-state index contributed by atoms with van der Waals surface area (Å²) < 4.78 is 5.53. The fourth-order valence-electron chi connectivity index (χ4n) is 2.59. The second-order valence-corrected chi connectivity index (χ2v) is 5.01. The average molecular weight is 195 g/mol. The Hall–Kier alpha value is -0.340. The predicted molar refractivity (Wildman–Crippen MR) is 58.3 cm³/mol. The molecule has 0 aromatic heterocycles. The highest BCUT2D eigenvalue weighted by Gasteiger charge is 2.41. The normalized spacial score (nSPS) is 27.8. The van der Waals surface area contributed by atoms with Crippen molar-refractivity contribution in [1.82, 2.24) is 4.90 Å². The van der Waals surface area contributed by atoms with Crippen molar-refractivity contribution in [2.45, 2.75) is 32.7 Å². The van der Waals surface area contributed by atoms with Gasteiger partial charge in [-0.2, -0.15) is 0 Å². The fraction of sp³-hybridized carbons (Fsp3) is 0.833. The van der Waals surface area contributed by atoms with Crippen molar-refractivity contribution in [2.75, 3.05) is 26.3 Å². The number of likely N-dealkylation sites (tertiary alicyclic amines) is 1. The zero-order valence-electron chi connectivity index (χ0n) is 9.38. The summed E-state index contributed by atoms with van der Waals surface area (Å²) in [6.45, 7) is 12.8. The van der Waals surface area contributed by atoms with Gasteiger partial charge in [-0.15, -0.1) is 0 Å². The summed E-state index contributed by atoms with van der Waals surface area (Å²) in [7, 11) is 0. The van der Waals surface area contributed by atoms with Gasteiger partial charge in [0.05, 0.1) is 13.2 Å². The number of piperidine rings is 1. The molecule has 0 atom stereocenters. The number of rotatable bonds is 1. The maximum Gasteiger partial charge on any atom is 0.0680 e. The Morgan fingerprint density at radius 3 is 2.43 bits per heavy atom. The molecule has 0 unspecified atom stereocenters. The van der Waals surface area contributed by atoms with Gasteiger partial charge in [-0.25, -0.2) is 0 Å². The summed E-state index contributed by atoms with van der Waals surface area (Å²) in [4.78, 5) is 2.55. The van der Waals surface area contributed by atoms with Crippen LogP contribution in [0.4, 0.5) is 0 Å². The predicted octanol–water partition coefficient (Wildman–Crippen LogP) is 2.06. The Morgan fingerprint density at radius 1 is 1.36 bits per heavy atom. The van der Waals surface area contributed by atoms with E-state index in [1.165, 1.54) is 31.5 Å². The van der Waals surface area contributed by atoms with Gasteiger partial charge in [-0.1, -0.05) is 6.58 Å². The van der Waals surface area contributed by atoms with Gasteiger partial charge in [0.2, 0.25) is 0 Å². The van der Waals surface area contributed by atoms with E-state index in [0.29, 0.717) is 11.5 Å². The van der Waals surface area contributed by atoms with E-state index < -0.39 is 0 Å². The largest absolute Gasteiger partial charge is 0.376 e. The molecule has 14 heavy (non-hydrogen) atoms. The standard InChI is InChI=1S/C12H21NO/c1-10(2)13-6-4-12(5-7-13)9-14-8-11(12)3/h10H,3-9H2,1-2H3. The molecule has 2 rings (SSSR count). The van der Waals surface area contributed by atoms with Crippen LogP contribution in [0.3, 0.4) is 0 Å². The van der Waals surface area contributed by atoms with Gasteiger partial charge in [0.1, 0.15) is 0 Å².